The number of fused-ring (bicyclic) bond motifs is 1. The first-order valence-electron chi connectivity index (χ1n) is 6.59. The molecule has 2 heterocycles. The maximum Gasteiger partial charge on any atom is 0.258 e. The van der Waals surface area contributed by atoms with Crippen molar-refractivity contribution in [3.8, 4) is 0 Å². The Labute approximate surface area is 111 Å². The summed E-state index contributed by atoms with van der Waals surface area (Å²) >= 11 is 0. The number of nitrogens with one attached hydrogen (secondary N) is 1. The summed E-state index contributed by atoms with van der Waals surface area (Å²) in [6.45, 7) is 4.62. The lowest BCUT2D eigenvalue weighted by Gasteiger charge is -2.14. The highest BCUT2D eigenvalue weighted by atomic mass is 16.1. The Bertz CT molecular complexity index is 641. The molecule has 1 aromatic carbocycles. The molecule has 0 bridgehead atoms. The van der Waals surface area contributed by atoms with Crippen LogP contribution in [0.2, 0.25) is 0 Å². The lowest BCUT2D eigenvalue weighted by molar-refractivity contribution is 0.310. The summed E-state index contributed by atoms with van der Waals surface area (Å²) < 4.78 is 0. The smallest absolute Gasteiger partial charge is 0.258 e. The van der Waals surface area contributed by atoms with E-state index in [0.29, 0.717) is 23.7 Å². The summed E-state index contributed by atoms with van der Waals surface area (Å²) in [6, 6.07) is 7.62. The summed E-state index contributed by atoms with van der Waals surface area (Å²) in [4.78, 5) is 21.6. The van der Waals surface area contributed by atoms with Crippen molar-refractivity contribution < 1.29 is 0 Å². The van der Waals surface area contributed by atoms with E-state index in [-0.39, 0.29) is 11.6 Å². The molecule has 0 saturated carbocycles. The first kappa shape index (κ1) is 12.3. The number of nitrogens with zero attached hydrogens (tertiary/aromatic N) is 2. The third-order valence-corrected chi connectivity index (χ3v) is 3.78. The van der Waals surface area contributed by atoms with Gasteiger partial charge in [-0.15, -0.1) is 0 Å². The fraction of sp³-hybridized carbons (Fsp3) is 0.429. The average molecular weight is 258 g/mol. The molecule has 5 heteroatoms. The molecule has 5 nitrogen and oxygen atoms in total. The third kappa shape index (κ3) is 2.39. The minimum absolute atomic E-state index is 0.0721. The number of likely N-dealkylation sites (tertiary alicyclic amines) is 1. The molecule has 0 unspecified atom stereocenters. The van der Waals surface area contributed by atoms with Gasteiger partial charge >= 0.3 is 0 Å². The van der Waals surface area contributed by atoms with Gasteiger partial charge in [-0.1, -0.05) is 19.1 Å². The average Bonchev–Trinajstić information content (AvgIpc) is 2.68. The molecule has 2 aromatic rings. The summed E-state index contributed by atoms with van der Waals surface area (Å²) in [7, 11) is 0. The second-order valence-corrected chi connectivity index (χ2v) is 5.36. The molecule has 3 N–H and O–H groups in total. The molecular weight excluding hydrogens is 240 g/mol. The molecule has 1 aromatic heterocycles. The van der Waals surface area contributed by atoms with Crippen LogP contribution < -0.4 is 11.3 Å². The fourth-order valence-corrected chi connectivity index (χ4v) is 2.65. The van der Waals surface area contributed by atoms with Crippen molar-refractivity contribution in [2.45, 2.75) is 19.5 Å². The summed E-state index contributed by atoms with van der Waals surface area (Å²) in [5.74, 6) is 1.21. The van der Waals surface area contributed by atoms with E-state index < -0.39 is 0 Å². The first-order chi connectivity index (χ1) is 9.13. The molecule has 1 aliphatic heterocycles. The number of nitrogens with two attached hydrogens (primary N) is 1. The van der Waals surface area contributed by atoms with E-state index in [1.807, 2.05) is 18.2 Å². The molecule has 1 fully saturated rings. The van der Waals surface area contributed by atoms with Gasteiger partial charge < -0.3 is 10.7 Å². The number of rotatable bonds is 2. The van der Waals surface area contributed by atoms with Gasteiger partial charge in [-0.25, -0.2) is 4.98 Å². The summed E-state index contributed by atoms with van der Waals surface area (Å²) in [6.07, 6.45) is 0. The highest BCUT2D eigenvalue weighted by Gasteiger charge is 2.26. The van der Waals surface area contributed by atoms with E-state index in [2.05, 4.69) is 21.8 Å². The van der Waals surface area contributed by atoms with E-state index in [1.165, 1.54) is 0 Å². The number of hydrogen-bond donors (Lipinski definition) is 2. The monoisotopic (exact) mass is 258 g/mol. The topological polar surface area (TPSA) is 75.0 Å². The molecule has 0 radical (unpaired) electrons. The third-order valence-electron chi connectivity index (χ3n) is 3.78. The van der Waals surface area contributed by atoms with Crippen LogP contribution in [-0.2, 0) is 6.54 Å². The predicted molar refractivity (Wildman–Crippen MR) is 74.8 cm³/mol. The second-order valence-electron chi connectivity index (χ2n) is 5.36. The zero-order valence-corrected chi connectivity index (χ0v) is 11.0. The van der Waals surface area contributed by atoms with Crippen LogP contribution in [0.4, 0.5) is 0 Å². The molecule has 19 heavy (non-hydrogen) atoms. The summed E-state index contributed by atoms with van der Waals surface area (Å²) in [5, 5.41) is 0.637. The molecule has 3 rings (SSSR count). The van der Waals surface area contributed by atoms with Gasteiger partial charge in [-0.3, -0.25) is 9.69 Å². The quantitative estimate of drug-likeness (QED) is 0.831. The molecule has 0 amide bonds. The van der Waals surface area contributed by atoms with Crippen LogP contribution in [0.25, 0.3) is 10.9 Å². The Hall–Kier alpha value is -1.72. The number of hydrogen-bond acceptors (Lipinski definition) is 4. The Morgan fingerprint density at radius 2 is 2.21 bits per heavy atom. The van der Waals surface area contributed by atoms with Crippen molar-refractivity contribution in [1.29, 1.82) is 0 Å². The Kier molecular flexibility index (Phi) is 3.08. The van der Waals surface area contributed by atoms with Crippen LogP contribution in [0.15, 0.2) is 29.1 Å². The number of H-pyrrole nitrogens is 1. The molecule has 100 valence electrons. The predicted octanol–water partition coefficient (Wildman–Crippen LogP) is 0.702. The van der Waals surface area contributed by atoms with Crippen LogP contribution in [0, 0.1) is 5.92 Å². The van der Waals surface area contributed by atoms with Crippen LogP contribution in [0.1, 0.15) is 12.7 Å². The SMILES string of the molecule is C[C@@H]1CN(Cc2nc3ccccc3c(=O)[nH]2)C[C@H]1N. The van der Waals surface area contributed by atoms with Crippen LogP contribution in [-0.4, -0.2) is 34.0 Å². The second kappa shape index (κ2) is 4.75. The van der Waals surface area contributed by atoms with Gasteiger partial charge in [0.15, 0.2) is 0 Å². The normalized spacial score (nSPS) is 24.1. The minimum Gasteiger partial charge on any atom is -0.326 e. The van der Waals surface area contributed by atoms with E-state index in [4.69, 9.17) is 5.73 Å². The van der Waals surface area contributed by atoms with Gasteiger partial charge in [-0.05, 0) is 18.1 Å². The number of aromatic amines is 1. The van der Waals surface area contributed by atoms with Gasteiger partial charge in [0.1, 0.15) is 5.82 Å². The van der Waals surface area contributed by atoms with Gasteiger partial charge in [0.05, 0.1) is 17.4 Å². The van der Waals surface area contributed by atoms with Gasteiger partial charge in [0.25, 0.3) is 5.56 Å². The van der Waals surface area contributed by atoms with Gasteiger partial charge in [0.2, 0.25) is 0 Å². The lowest BCUT2D eigenvalue weighted by Crippen LogP contribution is -2.29. The fourth-order valence-electron chi connectivity index (χ4n) is 2.65. The van der Waals surface area contributed by atoms with Crippen LogP contribution in [0.5, 0.6) is 0 Å². The minimum atomic E-state index is -0.0721. The standard InChI is InChI=1S/C14H18N4O/c1-9-6-18(7-11(9)15)8-13-16-12-5-3-2-4-10(12)14(19)17-13/h2-5,9,11H,6-8,15H2,1H3,(H,16,17,19)/t9-,11-/m1/s1. The van der Waals surface area contributed by atoms with Gasteiger partial charge in [-0.2, -0.15) is 0 Å². The zero-order chi connectivity index (χ0) is 13.4. The van der Waals surface area contributed by atoms with E-state index in [0.717, 1.165) is 18.6 Å². The van der Waals surface area contributed by atoms with E-state index in [9.17, 15) is 4.79 Å². The van der Waals surface area contributed by atoms with Crippen LogP contribution in [0.3, 0.4) is 0 Å². The molecule has 0 spiro atoms. The van der Waals surface area contributed by atoms with Crippen molar-refractivity contribution in [2.75, 3.05) is 13.1 Å². The number of para-hydroxylation sites is 1. The highest BCUT2D eigenvalue weighted by molar-refractivity contribution is 5.77. The van der Waals surface area contributed by atoms with Crippen molar-refractivity contribution in [3.63, 3.8) is 0 Å². The Morgan fingerprint density at radius 3 is 2.95 bits per heavy atom. The Balaban J connectivity index is 1.88. The molecule has 1 saturated heterocycles. The first-order valence-corrected chi connectivity index (χ1v) is 6.59. The van der Waals surface area contributed by atoms with Gasteiger partial charge in [0, 0.05) is 19.1 Å². The van der Waals surface area contributed by atoms with Crippen molar-refractivity contribution in [3.05, 3.63) is 40.4 Å². The molecule has 1 aliphatic rings. The Morgan fingerprint density at radius 1 is 1.42 bits per heavy atom. The number of benzene rings is 1. The largest absolute Gasteiger partial charge is 0.326 e. The number of aromatic nitrogens is 2. The molecule has 2 atom stereocenters. The van der Waals surface area contributed by atoms with Crippen molar-refractivity contribution in [2.24, 2.45) is 11.7 Å². The highest BCUT2D eigenvalue weighted by Crippen LogP contribution is 2.16. The van der Waals surface area contributed by atoms with Crippen LogP contribution >= 0.6 is 0 Å². The zero-order valence-electron chi connectivity index (χ0n) is 11.0. The maximum absolute atomic E-state index is 12.0. The van der Waals surface area contributed by atoms with E-state index in [1.54, 1.807) is 6.07 Å². The van der Waals surface area contributed by atoms with Crippen molar-refractivity contribution >= 4 is 10.9 Å². The molecular formula is C14H18N4O. The summed E-state index contributed by atoms with van der Waals surface area (Å²) in [5.41, 5.74) is 6.68. The van der Waals surface area contributed by atoms with Crippen molar-refractivity contribution in [1.82, 2.24) is 14.9 Å². The van der Waals surface area contributed by atoms with E-state index >= 15 is 0 Å². The molecule has 0 aliphatic carbocycles. The maximum atomic E-state index is 12.0. The lowest BCUT2D eigenvalue weighted by atomic mass is 10.1.